The Morgan fingerprint density at radius 2 is 1.83 bits per heavy atom. The van der Waals surface area contributed by atoms with Crippen molar-refractivity contribution < 1.29 is 19.4 Å². The van der Waals surface area contributed by atoms with Gasteiger partial charge >= 0.3 is 0 Å². The zero-order chi connectivity index (χ0) is 17.9. The second kappa shape index (κ2) is 6.73. The van der Waals surface area contributed by atoms with Gasteiger partial charge in [-0.25, -0.2) is 0 Å². The molecule has 0 aliphatic rings. The number of nitro groups is 2. The smallest absolute Gasteiger partial charge is 0.273 e. The number of rotatable bonds is 5. The van der Waals surface area contributed by atoms with E-state index in [1.807, 2.05) is 0 Å². The molecular weight excluding hydrogens is 318 g/mol. The van der Waals surface area contributed by atoms with Gasteiger partial charge in [0, 0.05) is 29.3 Å². The molecule has 0 fully saturated rings. The van der Waals surface area contributed by atoms with Crippen molar-refractivity contribution in [1.29, 1.82) is 0 Å². The lowest BCUT2D eigenvalue weighted by molar-refractivity contribution is -0.385. The van der Waals surface area contributed by atoms with Crippen molar-refractivity contribution in [3.63, 3.8) is 0 Å². The molecule has 0 atom stereocenters. The van der Waals surface area contributed by atoms with E-state index < -0.39 is 15.8 Å². The maximum absolute atomic E-state index is 12.4. The molecule has 0 unspecified atom stereocenters. The molecule has 2 aromatic rings. The predicted molar refractivity (Wildman–Crippen MR) is 85.4 cm³/mol. The van der Waals surface area contributed by atoms with Crippen LogP contribution in [0.15, 0.2) is 36.4 Å². The number of nitrogens with one attached hydrogen (secondary N) is 1. The first kappa shape index (κ1) is 16.9. The predicted octanol–water partition coefficient (Wildman–Crippen LogP) is 3.07. The lowest BCUT2D eigenvalue weighted by Crippen LogP contribution is -2.15. The van der Waals surface area contributed by atoms with Crippen molar-refractivity contribution in [2.75, 3.05) is 12.4 Å². The number of carbonyl (C=O) groups excluding carboxylic acids is 1. The molecule has 0 bridgehead atoms. The number of hydrogen-bond acceptors (Lipinski definition) is 6. The van der Waals surface area contributed by atoms with Crippen LogP contribution in [0.2, 0.25) is 0 Å². The van der Waals surface area contributed by atoms with Crippen molar-refractivity contribution >= 4 is 23.0 Å². The summed E-state index contributed by atoms with van der Waals surface area (Å²) in [6.45, 7) is 1.46. The minimum atomic E-state index is -0.630. The molecule has 9 nitrogen and oxygen atoms in total. The van der Waals surface area contributed by atoms with Crippen molar-refractivity contribution in [1.82, 2.24) is 0 Å². The van der Waals surface area contributed by atoms with E-state index in [-0.39, 0.29) is 33.9 Å². The Kier molecular flexibility index (Phi) is 4.73. The summed E-state index contributed by atoms with van der Waals surface area (Å²) in [5.74, 6) is -0.396. The first-order chi connectivity index (χ1) is 11.3. The molecule has 1 amide bonds. The van der Waals surface area contributed by atoms with Gasteiger partial charge in [-0.15, -0.1) is 0 Å². The molecule has 0 aliphatic heterocycles. The van der Waals surface area contributed by atoms with Crippen LogP contribution in [-0.4, -0.2) is 22.9 Å². The largest absolute Gasteiger partial charge is 0.495 e. The van der Waals surface area contributed by atoms with Crippen LogP contribution in [0.4, 0.5) is 17.1 Å². The minimum Gasteiger partial charge on any atom is -0.495 e. The van der Waals surface area contributed by atoms with Crippen molar-refractivity contribution in [3.05, 3.63) is 67.8 Å². The maximum atomic E-state index is 12.4. The van der Waals surface area contributed by atoms with Gasteiger partial charge in [0.15, 0.2) is 0 Å². The topological polar surface area (TPSA) is 125 Å². The Morgan fingerprint density at radius 3 is 2.42 bits per heavy atom. The number of nitrogens with zero attached hydrogens (tertiary/aromatic N) is 2. The van der Waals surface area contributed by atoms with Crippen LogP contribution in [0.5, 0.6) is 5.75 Å². The number of ether oxygens (including phenoxy) is 1. The third-order valence-electron chi connectivity index (χ3n) is 3.39. The molecule has 0 aliphatic carbocycles. The monoisotopic (exact) mass is 331 g/mol. The van der Waals surface area contributed by atoms with E-state index in [2.05, 4.69) is 5.32 Å². The van der Waals surface area contributed by atoms with Crippen LogP contribution >= 0.6 is 0 Å². The molecule has 0 saturated heterocycles. The molecule has 0 saturated carbocycles. The summed E-state index contributed by atoms with van der Waals surface area (Å²) in [6, 6.07) is 7.87. The third-order valence-corrected chi connectivity index (χ3v) is 3.39. The first-order valence-electron chi connectivity index (χ1n) is 6.73. The van der Waals surface area contributed by atoms with Gasteiger partial charge < -0.3 is 10.1 Å². The third kappa shape index (κ3) is 3.29. The summed E-state index contributed by atoms with van der Waals surface area (Å²) in [4.78, 5) is 33.0. The average Bonchev–Trinajstić information content (AvgIpc) is 2.54. The highest BCUT2D eigenvalue weighted by Gasteiger charge is 2.20. The normalized spacial score (nSPS) is 10.1. The highest BCUT2D eigenvalue weighted by molar-refractivity contribution is 6.06. The molecule has 124 valence electrons. The number of nitro benzene ring substituents is 2. The molecule has 2 rings (SSSR count). The molecule has 0 heterocycles. The molecule has 0 radical (unpaired) electrons. The SMILES string of the molecule is COc1ccc([N+](=O)[O-])cc1NC(=O)c1cccc([N+](=O)[O-])c1C. The second-order valence-electron chi connectivity index (χ2n) is 4.80. The number of methoxy groups -OCH3 is 1. The summed E-state index contributed by atoms with van der Waals surface area (Å²) in [5.41, 5.74) is -0.0136. The first-order valence-corrected chi connectivity index (χ1v) is 6.73. The number of amides is 1. The summed E-state index contributed by atoms with van der Waals surface area (Å²) >= 11 is 0. The Morgan fingerprint density at radius 1 is 1.12 bits per heavy atom. The highest BCUT2D eigenvalue weighted by atomic mass is 16.6. The van der Waals surface area contributed by atoms with Gasteiger partial charge in [-0.05, 0) is 19.1 Å². The number of hydrogen-bond donors (Lipinski definition) is 1. The Labute approximate surface area is 136 Å². The zero-order valence-corrected chi connectivity index (χ0v) is 12.8. The zero-order valence-electron chi connectivity index (χ0n) is 12.8. The maximum Gasteiger partial charge on any atom is 0.273 e. The van der Waals surface area contributed by atoms with Crippen molar-refractivity contribution in [2.24, 2.45) is 0 Å². The van der Waals surface area contributed by atoms with E-state index in [0.29, 0.717) is 0 Å². The van der Waals surface area contributed by atoms with Crippen LogP contribution in [0, 0.1) is 27.2 Å². The van der Waals surface area contributed by atoms with E-state index in [1.165, 1.54) is 44.4 Å². The standard InChI is InChI=1S/C15H13N3O6/c1-9-11(4-3-5-13(9)18(22)23)15(19)16-12-8-10(17(20)21)6-7-14(12)24-2/h3-8H,1-2H3,(H,16,19). The second-order valence-corrected chi connectivity index (χ2v) is 4.80. The number of benzene rings is 2. The van der Waals surface area contributed by atoms with Crippen LogP contribution in [-0.2, 0) is 0 Å². The molecule has 0 spiro atoms. The van der Waals surface area contributed by atoms with Crippen LogP contribution in [0.1, 0.15) is 15.9 Å². The van der Waals surface area contributed by atoms with Gasteiger partial charge in [0.05, 0.1) is 22.6 Å². The van der Waals surface area contributed by atoms with Gasteiger partial charge in [0.2, 0.25) is 0 Å². The number of carbonyl (C=O) groups is 1. The van der Waals surface area contributed by atoms with Gasteiger partial charge in [0.25, 0.3) is 17.3 Å². The van der Waals surface area contributed by atoms with Crippen molar-refractivity contribution in [2.45, 2.75) is 6.92 Å². The Hall–Kier alpha value is -3.49. The van der Waals surface area contributed by atoms with Crippen LogP contribution < -0.4 is 10.1 Å². The molecule has 1 N–H and O–H groups in total. The summed E-state index contributed by atoms with van der Waals surface area (Å²) in [5, 5.41) is 24.3. The van der Waals surface area contributed by atoms with E-state index in [1.54, 1.807) is 0 Å². The molecule has 2 aromatic carbocycles. The van der Waals surface area contributed by atoms with Crippen LogP contribution in [0.3, 0.4) is 0 Å². The Bertz CT molecular complexity index is 834. The molecule has 9 heteroatoms. The summed E-state index contributed by atoms with van der Waals surface area (Å²) in [7, 11) is 1.36. The van der Waals surface area contributed by atoms with Gasteiger partial charge in [0.1, 0.15) is 5.75 Å². The van der Waals surface area contributed by atoms with E-state index in [9.17, 15) is 25.0 Å². The molecule has 24 heavy (non-hydrogen) atoms. The van der Waals surface area contributed by atoms with Crippen molar-refractivity contribution in [3.8, 4) is 5.75 Å². The summed E-state index contributed by atoms with van der Waals surface area (Å²) in [6.07, 6.45) is 0. The lowest BCUT2D eigenvalue weighted by Gasteiger charge is -2.11. The van der Waals surface area contributed by atoms with Gasteiger partial charge in [-0.1, -0.05) is 6.07 Å². The minimum absolute atomic E-state index is 0.0951. The lowest BCUT2D eigenvalue weighted by atomic mass is 10.1. The fraction of sp³-hybridized carbons (Fsp3) is 0.133. The van der Waals surface area contributed by atoms with Gasteiger partial charge in [-0.3, -0.25) is 25.0 Å². The quantitative estimate of drug-likeness (QED) is 0.663. The molecular formula is C15H13N3O6. The number of non-ortho nitro benzene ring substituents is 1. The average molecular weight is 331 g/mol. The fourth-order valence-corrected chi connectivity index (χ4v) is 2.16. The highest BCUT2D eigenvalue weighted by Crippen LogP contribution is 2.30. The van der Waals surface area contributed by atoms with Crippen LogP contribution in [0.25, 0.3) is 0 Å². The Balaban J connectivity index is 2.40. The number of anilines is 1. The summed E-state index contributed by atoms with van der Waals surface area (Å²) < 4.78 is 5.06. The van der Waals surface area contributed by atoms with E-state index in [0.717, 1.165) is 6.07 Å². The van der Waals surface area contributed by atoms with Gasteiger partial charge in [-0.2, -0.15) is 0 Å². The van der Waals surface area contributed by atoms with E-state index in [4.69, 9.17) is 4.74 Å². The fourth-order valence-electron chi connectivity index (χ4n) is 2.16. The molecule has 0 aromatic heterocycles. The van der Waals surface area contributed by atoms with E-state index >= 15 is 0 Å².